The molecule has 0 saturated heterocycles. The third-order valence-electron chi connectivity index (χ3n) is 1.36. The Morgan fingerprint density at radius 1 is 1.70 bits per heavy atom. The average Bonchev–Trinajstić information content (AvgIpc) is 1.82. The molecule has 0 aromatic rings. The predicted octanol–water partition coefficient (Wildman–Crippen LogP) is -0.604. The molecule has 0 aromatic carbocycles. The first-order valence-electron chi connectivity index (χ1n) is 3.24. The molecule has 0 radical (unpaired) electrons. The van der Waals surface area contributed by atoms with Crippen molar-refractivity contribution >= 4 is 5.97 Å². The number of nitrogens with two attached hydrogens (primary N) is 1. The normalized spacial score (nSPS) is 16.3. The molecule has 0 bridgehead atoms. The summed E-state index contributed by atoms with van der Waals surface area (Å²) >= 11 is 0. The zero-order valence-electron chi connectivity index (χ0n) is 6.29. The maximum atomic E-state index is 10.0. The summed E-state index contributed by atoms with van der Waals surface area (Å²) in [7, 11) is 0. The van der Waals surface area contributed by atoms with E-state index in [0.29, 0.717) is 0 Å². The first-order chi connectivity index (χ1) is 4.54. The quantitative estimate of drug-likeness (QED) is 0.495. The van der Waals surface area contributed by atoms with Crippen LogP contribution in [0.3, 0.4) is 0 Å². The number of nitrogens with one attached hydrogen (secondary N) is 1. The van der Waals surface area contributed by atoms with E-state index < -0.39 is 5.97 Å². The van der Waals surface area contributed by atoms with Crippen molar-refractivity contribution in [2.45, 2.75) is 25.9 Å². The summed E-state index contributed by atoms with van der Waals surface area (Å²) in [5, 5.41) is 11.0. The lowest BCUT2D eigenvalue weighted by atomic mass is 10.2. The van der Waals surface area contributed by atoms with Gasteiger partial charge in [0, 0.05) is 12.1 Å². The van der Waals surface area contributed by atoms with E-state index >= 15 is 0 Å². The number of rotatable bonds is 4. The second-order valence-corrected chi connectivity index (χ2v) is 2.42. The molecule has 0 spiro atoms. The van der Waals surface area contributed by atoms with Gasteiger partial charge in [-0.2, -0.15) is 0 Å². The smallest absolute Gasteiger partial charge is 0.317 e. The van der Waals surface area contributed by atoms with Crippen LogP contribution in [-0.2, 0) is 4.79 Å². The third-order valence-corrected chi connectivity index (χ3v) is 1.36. The van der Waals surface area contributed by atoms with Gasteiger partial charge in [-0.3, -0.25) is 4.79 Å². The number of carbonyl (C=O) groups is 1. The van der Waals surface area contributed by atoms with Crippen molar-refractivity contribution in [2.24, 2.45) is 5.73 Å². The summed E-state index contributed by atoms with van der Waals surface area (Å²) in [6.07, 6.45) is 0. The van der Waals surface area contributed by atoms with Gasteiger partial charge in [0.1, 0.15) is 0 Å². The summed E-state index contributed by atoms with van der Waals surface area (Å²) < 4.78 is 0. The fraction of sp³-hybridized carbons (Fsp3) is 0.833. The SMILES string of the molecule is CC(N)C(C)NCC(=O)O. The summed E-state index contributed by atoms with van der Waals surface area (Å²) in [5.74, 6) is -0.854. The highest BCUT2D eigenvalue weighted by Crippen LogP contribution is 1.85. The fourth-order valence-electron chi connectivity index (χ4n) is 0.434. The molecule has 0 aliphatic heterocycles. The topological polar surface area (TPSA) is 75.3 Å². The van der Waals surface area contributed by atoms with Crippen LogP contribution in [0.5, 0.6) is 0 Å². The molecule has 0 rings (SSSR count). The minimum absolute atomic E-state index is 0.0145. The van der Waals surface area contributed by atoms with Crippen LogP contribution in [0.4, 0.5) is 0 Å². The standard InChI is InChI=1S/C6H14N2O2/c1-4(7)5(2)8-3-6(9)10/h4-5,8H,3,7H2,1-2H3,(H,9,10). The van der Waals surface area contributed by atoms with Gasteiger partial charge in [-0.15, -0.1) is 0 Å². The van der Waals surface area contributed by atoms with Crippen LogP contribution in [0.15, 0.2) is 0 Å². The van der Waals surface area contributed by atoms with Crippen LogP contribution in [-0.4, -0.2) is 29.7 Å². The number of aliphatic carboxylic acids is 1. The molecule has 60 valence electrons. The fourth-order valence-corrected chi connectivity index (χ4v) is 0.434. The van der Waals surface area contributed by atoms with Crippen LogP contribution in [0.1, 0.15) is 13.8 Å². The van der Waals surface area contributed by atoms with Crippen molar-refractivity contribution in [3.8, 4) is 0 Å². The maximum absolute atomic E-state index is 10.0. The molecular weight excluding hydrogens is 132 g/mol. The molecule has 2 unspecified atom stereocenters. The zero-order chi connectivity index (χ0) is 8.15. The highest BCUT2D eigenvalue weighted by atomic mass is 16.4. The third kappa shape index (κ3) is 4.29. The van der Waals surface area contributed by atoms with E-state index in [1.807, 2.05) is 13.8 Å². The molecule has 0 aliphatic rings. The molecule has 4 nitrogen and oxygen atoms in total. The lowest BCUT2D eigenvalue weighted by Gasteiger charge is -2.15. The van der Waals surface area contributed by atoms with E-state index in [-0.39, 0.29) is 18.6 Å². The molecule has 0 amide bonds. The first kappa shape index (κ1) is 9.39. The molecular formula is C6H14N2O2. The lowest BCUT2D eigenvalue weighted by molar-refractivity contribution is -0.136. The zero-order valence-corrected chi connectivity index (χ0v) is 6.29. The van der Waals surface area contributed by atoms with Crippen LogP contribution >= 0.6 is 0 Å². The van der Waals surface area contributed by atoms with Crippen molar-refractivity contribution in [2.75, 3.05) is 6.54 Å². The largest absolute Gasteiger partial charge is 0.480 e. The molecule has 0 heterocycles. The van der Waals surface area contributed by atoms with E-state index in [1.165, 1.54) is 0 Å². The Labute approximate surface area is 60.4 Å². The number of carboxylic acids is 1. The second-order valence-electron chi connectivity index (χ2n) is 2.42. The van der Waals surface area contributed by atoms with Gasteiger partial charge in [-0.25, -0.2) is 0 Å². The molecule has 0 aromatic heterocycles. The number of hydrogen-bond donors (Lipinski definition) is 3. The molecule has 4 heteroatoms. The molecule has 0 saturated carbocycles. The summed E-state index contributed by atoms with van der Waals surface area (Å²) in [6, 6.07) is 0.0375. The lowest BCUT2D eigenvalue weighted by Crippen LogP contribution is -2.42. The second kappa shape index (κ2) is 4.24. The molecule has 10 heavy (non-hydrogen) atoms. The van der Waals surface area contributed by atoms with E-state index in [9.17, 15) is 4.79 Å². The van der Waals surface area contributed by atoms with Gasteiger partial charge >= 0.3 is 5.97 Å². The molecule has 0 fully saturated rings. The van der Waals surface area contributed by atoms with Gasteiger partial charge in [0.25, 0.3) is 0 Å². The Kier molecular flexibility index (Phi) is 3.99. The van der Waals surface area contributed by atoms with E-state index in [0.717, 1.165) is 0 Å². The molecule has 2 atom stereocenters. The first-order valence-corrected chi connectivity index (χ1v) is 3.24. The minimum Gasteiger partial charge on any atom is -0.480 e. The van der Waals surface area contributed by atoms with Crippen LogP contribution < -0.4 is 11.1 Å². The average molecular weight is 146 g/mol. The van der Waals surface area contributed by atoms with Crippen LogP contribution in [0, 0.1) is 0 Å². The maximum Gasteiger partial charge on any atom is 0.317 e. The van der Waals surface area contributed by atoms with Crippen LogP contribution in [0.25, 0.3) is 0 Å². The Bertz CT molecular complexity index is 114. The Morgan fingerprint density at radius 3 is 2.50 bits per heavy atom. The monoisotopic (exact) mass is 146 g/mol. The van der Waals surface area contributed by atoms with Crippen molar-refractivity contribution in [1.29, 1.82) is 0 Å². The Morgan fingerprint density at radius 2 is 2.20 bits per heavy atom. The van der Waals surface area contributed by atoms with E-state index in [4.69, 9.17) is 10.8 Å². The van der Waals surface area contributed by atoms with Gasteiger partial charge < -0.3 is 16.2 Å². The van der Waals surface area contributed by atoms with Crippen molar-refractivity contribution in [3.63, 3.8) is 0 Å². The summed E-state index contributed by atoms with van der Waals surface area (Å²) in [6.45, 7) is 3.66. The van der Waals surface area contributed by atoms with Gasteiger partial charge in [-0.05, 0) is 13.8 Å². The molecule has 0 aliphatic carbocycles. The minimum atomic E-state index is -0.854. The Balaban J connectivity index is 3.39. The number of hydrogen-bond acceptors (Lipinski definition) is 3. The summed E-state index contributed by atoms with van der Waals surface area (Å²) in [4.78, 5) is 10.0. The van der Waals surface area contributed by atoms with Crippen molar-refractivity contribution < 1.29 is 9.90 Å². The van der Waals surface area contributed by atoms with Gasteiger partial charge in [-0.1, -0.05) is 0 Å². The summed E-state index contributed by atoms with van der Waals surface area (Å²) in [5.41, 5.74) is 5.47. The number of carboxylic acid groups (broad SMARTS) is 1. The highest BCUT2D eigenvalue weighted by molar-refractivity contribution is 5.69. The van der Waals surface area contributed by atoms with Crippen LogP contribution in [0.2, 0.25) is 0 Å². The van der Waals surface area contributed by atoms with Gasteiger partial charge in [0.05, 0.1) is 6.54 Å². The predicted molar refractivity (Wildman–Crippen MR) is 38.7 cm³/mol. The van der Waals surface area contributed by atoms with E-state index in [1.54, 1.807) is 0 Å². The van der Waals surface area contributed by atoms with E-state index in [2.05, 4.69) is 5.32 Å². The van der Waals surface area contributed by atoms with Crippen molar-refractivity contribution in [3.05, 3.63) is 0 Å². The highest BCUT2D eigenvalue weighted by Gasteiger charge is 2.06. The van der Waals surface area contributed by atoms with Gasteiger partial charge in [0.15, 0.2) is 0 Å². The van der Waals surface area contributed by atoms with Crippen molar-refractivity contribution in [1.82, 2.24) is 5.32 Å². The Hall–Kier alpha value is -0.610. The van der Waals surface area contributed by atoms with Gasteiger partial charge in [0.2, 0.25) is 0 Å². The molecule has 4 N–H and O–H groups in total.